The molecule has 0 N–H and O–H groups in total. The second-order valence-electron chi connectivity index (χ2n) is 6.43. The predicted octanol–water partition coefficient (Wildman–Crippen LogP) is 3.85. The molecule has 1 aromatic heterocycles. The third-order valence-corrected chi connectivity index (χ3v) is 5.33. The fourth-order valence-corrected chi connectivity index (χ4v) is 4.32. The molecule has 2 aliphatic carbocycles. The predicted molar refractivity (Wildman–Crippen MR) is 81.8 cm³/mol. The second kappa shape index (κ2) is 4.44. The van der Waals surface area contributed by atoms with Gasteiger partial charge in [0, 0.05) is 17.7 Å². The van der Waals surface area contributed by atoms with Gasteiger partial charge in [-0.15, -0.1) is 0 Å². The number of hydrogen-bond donors (Lipinski definition) is 0. The summed E-state index contributed by atoms with van der Waals surface area (Å²) in [6, 6.07) is 8.99. The third-order valence-electron chi connectivity index (χ3n) is 5.33. The molecule has 0 radical (unpaired) electrons. The van der Waals surface area contributed by atoms with Crippen LogP contribution in [0.25, 0.3) is 11.3 Å². The zero-order valence-electron chi connectivity index (χ0n) is 12.4. The summed E-state index contributed by atoms with van der Waals surface area (Å²) >= 11 is 0. The van der Waals surface area contributed by atoms with E-state index in [1.165, 1.54) is 48.9 Å². The summed E-state index contributed by atoms with van der Waals surface area (Å²) in [5.41, 5.74) is 9.36. The van der Waals surface area contributed by atoms with Gasteiger partial charge in [-0.25, -0.2) is 4.57 Å². The van der Waals surface area contributed by atoms with Crippen molar-refractivity contribution < 1.29 is 4.57 Å². The summed E-state index contributed by atoms with van der Waals surface area (Å²) in [4.78, 5) is 0. The van der Waals surface area contributed by atoms with Crippen molar-refractivity contribution in [2.45, 2.75) is 44.9 Å². The molecule has 0 saturated carbocycles. The molecule has 102 valence electrons. The molecule has 1 unspecified atom stereocenters. The Labute approximate surface area is 121 Å². The molecule has 4 rings (SSSR count). The topological polar surface area (TPSA) is 3.88 Å². The first-order chi connectivity index (χ1) is 9.75. The molecular formula is C19H22N+. The molecule has 2 aliphatic rings. The molecule has 0 spiro atoms. The van der Waals surface area contributed by atoms with Gasteiger partial charge < -0.3 is 0 Å². The van der Waals surface area contributed by atoms with Crippen molar-refractivity contribution in [3.05, 3.63) is 52.7 Å². The molecule has 1 nitrogen and oxygen atoms in total. The second-order valence-corrected chi connectivity index (χ2v) is 6.43. The zero-order chi connectivity index (χ0) is 13.7. The van der Waals surface area contributed by atoms with Gasteiger partial charge in [0.05, 0.1) is 0 Å². The molecule has 0 amide bonds. The van der Waals surface area contributed by atoms with E-state index in [-0.39, 0.29) is 0 Å². The zero-order valence-corrected chi connectivity index (χ0v) is 12.4. The lowest BCUT2D eigenvalue weighted by Crippen LogP contribution is -2.30. The number of benzene rings is 1. The SMILES string of the molecule is Cc1c(-c2cccc[n+]2C)cc2c3c1CCC3CCC2. The minimum absolute atomic E-state index is 0.867. The lowest BCUT2D eigenvalue weighted by Gasteiger charge is -2.23. The van der Waals surface area contributed by atoms with Crippen LogP contribution >= 0.6 is 0 Å². The quantitative estimate of drug-likeness (QED) is 0.689. The van der Waals surface area contributed by atoms with Crippen LogP contribution in [0.15, 0.2) is 30.5 Å². The van der Waals surface area contributed by atoms with Crippen molar-refractivity contribution in [3.63, 3.8) is 0 Å². The Balaban J connectivity index is 1.97. The molecule has 0 aliphatic heterocycles. The lowest BCUT2D eigenvalue weighted by molar-refractivity contribution is -0.660. The molecular weight excluding hydrogens is 242 g/mol. The van der Waals surface area contributed by atoms with Gasteiger partial charge in [0.2, 0.25) is 5.69 Å². The van der Waals surface area contributed by atoms with Gasteiger partial charge in [0.25, 0.3) is 0 Å². The fraction of sp³-hybridized carbons (Fsp3) is 0.421. The molecule has 20 heavy (non-hydrogen) atoms. The van der Waals surface area contributed by atoms with Crippen molar-refractivity contribution in [2.75, 3.05) is 0 Å². The Bertz CT molecular complexity index is 684. The molecule has 0 fully saturated rings. The average molecular weight is 264 g/mol. The molecule has 0 saturated heterocycles. The van der Waals surface area contributed by atoms with E-state index in [2.05, 4.69) is 49.0 Å². The van der Waals surface area contributed by atoms with Gasteiger partial charge in [-0.05, 0) is 79.3 Å². The van der Waals surface area contributed by atoms with Crippen molar-refractivity contribution in [3.8, 4) is 11.3 Å². The van der Waals surface area contributed by atoms with Crippen LogP contribution in [0.5, 0.6) is 0 Å². The van der Waals surface area contributed by atoms with Crippen LogP contribution in [0.3, 0.4) is 0 Å². The Morgan fingerprint density at radius 1 is 1.15 bits per heavy atom. The van der Waals surface area contributed by atoms with E-state index in [0.29, 0.717) is 0 Å². The van der Waals surface area contributed by atoms with E-state index >= 15 is 0 Å². The smallest absolute Gasteiger partial charge is 0.201 e. The van der Waals surface area contributed by atoms with Crippen LogP contribution in [-0.4, -0.2) is 0 Å². The van der Waals surface area contributed by atoms with Gasteiger partial charge >= 0.3 is 0 Å². The first-order valence-corrected chi connectivity index (χ1v) is 7.86. The van der Waals surface area contributed by atoms with Gasteiger partial charge in [-0.2, -0.15) is 0 Å². The van der Waals surface area contributed by atoms with E-state index in [9.17, 15) is 0 Å². The molecule has 1 aromatic carbocycles. The highest BCUT2D eigenvalue weighted by molar-refractivity contribution is 5.67. The summed E-state index contributed by atoms with van der Waals surface area (Å²) in [6.07, 6.45) is 8.90. The highest BCUT2D eigenvalue weighted by Crippen LogP contribution is 2.45. The molecule has 1 heterocycles. The summed E-state index contributed by atoms with van der Waals surface area (Å²) in [7, 11) is 2.15. The van der Waals surface area contributed by atoms with E-state index in [1.54, 1.807) is 16.7 Å². The number of aryl methyl sites for hydroxylation is 2. The maximum Gasteiger partial charge on any atom is 0.212 e. The number of nitrogens with zero attached hydrogens (tertiary/aromatic N) is 1. The Hall–Kier alpha value is -1.63. The largest absolute Gasteiger partial charge is 0.212 e. The molecule has 0 bridgehead atoms. The summed E-state index contributed by atoms with van der Waals surface area (Å²) in [5.74, 6) is 0.867. The standard InChI is InChI=1S/C19H22N/c1-13-16-10-9-14-6-5-7-15(19(14)16)12-17(13)18-8-3-4-11-20(18)2/h3-4,8,11-12,14H,5-7,9-10H2,1-2H3/q+1. The van der Waals surface area contributed by atoms with E-state index < -0.39 is 0 Å². The molecule has 2 aromatic rings. The minimum Gasteiger partial charge on any atom is -0.201 e. The monoisotopic (exact) mass is 264 g/mol. The van der Waals surface area contributed by atoms with E-state index in [1.807, 2.05) is 0 Å². The van der Waals surface area contributed by atoms with Crippen LogP contribution in [-0.2, 0) is 19.9 Å². The lowest BCUT2D eigenvalue weighted by atomic mass is 9.81. The number of pyridine rings is 1. The third kappa shape index (κ3) is 1.65. The number of rotatable bonds is 1. The van der Waals surface area contributed by atoms with Crippen molar-refractivity contribution in [1.29, 1.82) is 0 Å². The van der Waals surface area contributed by atoms with Gasteiger partial charge in [-0.3, -0.25) is 0 Å². The van der Waals surface area contributed by atoms with E-state index in [4.69, 9.17) is 0 Å². The highest BCUT2D eigenvalue weighted by atomic mass is 14.9. The maximum atomic E-state index is 2.49. The maximum absolute atomic E-state index is 2.49. The van der Waals surface area contributed by atoms with Crippen molar-refractivity contribution in [2.24, 2.45) is 7.05 Å². The average Bonchev–Trinajstić information content (AvgIpc) is 2.89. The summed E-state index contributed by atoms with van der Waals surface area (Å²) in [6.45, 7) is 2.33. The van der Waals surface area contributed by atoms with Crippen molar-refractivity contribution in [1.82, 2.24) is 0 Å². The van der Waals surface area contributed by atoms with Crippen LogP contribution in [0.4, 0.5) is 0 Å². The first kappa shape index (κ1) is 12.1. The fourth-order valence-electron chi connectivity index (χ4n) is 4.32. The highest BCUT2D eigenvalue weighted by Gasteiger charge is 2.31. The van der Waals surface area contributed by atoms with Crippen LogP contribution in [0.1, 0.15) is 47.4 Å². The number of aromatic nitrogens is 1. The molecule has 1 atom stereocenters. The van der Waals surface area contributed by atoms with Crippen LogP contribution in [0, 0.1) is 6.92 Å². The van der Waals surface area contributed by atoms with Gasteiger partial charge in [0.15, 0.2) is 6.20 Å². The van der Waals surface area contributed by atoms with E-state index in [0.717, 1.165) is 5.92 Å². The number of hydrogen-bond acceptors (Lipinski definition) is 0. The molecule has 1 heteroatoms. The Morgan fingerprint density at radius 2 is 2.05 bits per heavy atom. The van der Waals surface area contributed by atoms with Gasteiger partial charge in [0.1, 0.15) is 7.05 Å². The normalized spacial score (nSPS) is 20.0. The van der Waals surface area contributed by atoms with Crippen molar-refractivity contribution >= 4 is 0 Å². The first-order valence-electron chi connectivity index (χ1n) is 7.86. The van der Waals surface area contributed by atoms with Crippen LogP contribution < -0.4 is 4.57 Å². The summed E-state index contributed by atoms with van der Waals surface area (Å²) in [5, 5.41) is 0. The van der Waals surface area contributed by atoms with Gasteiger partial charge in [-0.1, -0.05) is 0 Å². The van der Waals surface area contributed by atoms with Crippen LogP contribution in [0.2, 0.25) is 0 Å². The Morgan fingerprint density at radius 3 is 2.90 bits per heavy atom. The Kier molecular flexibility index (Phi) is 2.70. The summed E-state index contributed by atoms with van der Waals surface area (Å²) < 4.78 is 2.25. The minimum atomic E-state index is 0.867.